The number of aromatic nitrogens is 2. The Kier molecular flexibility index (Phi) is 5.96. The van der Waals surface area contributed by atoms with Gasteiger partial charge in [-0.2, -0.15) is 9.40 Å². The van der Waals surface area contributed by atoms with Crippen molar-refractivity contribution < 1.29 is 13.2 Å². The third kappa shape index (κ3) is 4.56. The molecule has 2 aromatic rings. The molecule has 1 amide bonds. The minimum absolute atomic E-state index is 0.144. The summed E-state index contributed by atoms with van der Waals surface area (Å²) in [5.74, 6) is 0.133. The first-order chi connectivity index (χ1) is 12.9. The maximum absolute atomic E-state index is 12.8. The molecule has 27 heavy (non-hydrogen) atoms. The van der Waals surface area contributed by atoms with Crippen molar-refractivity contribution in [2.45, 2.75) is 31.1 Å². The minimum atomic E-state index is -3.45. The van der Waals surface area contributed by atoms with Crippen LogP contribution in [0.4, 0.5) is 0 Å². The van der Waals surface area contributed by atoms with Gasteiger partial charge >= 0.3 is 0 Å². The van der Waals surface area contributed by atoms with Crippen LogP contribution in [-0.2, 0) is 23.5 Å². The monoisotopic (exact) mass is 390 g/mol. The second-order valence-electron chi connectivity index (χ2n) is 6.96. The van der Waals surface area contributed by atoms with Crippen LogP contribution in [0.5, 0.6) is 0 Å². The van der Waals surface area contributed by atoms with Gasteiger partial charge in [-0.05, 0) is 42.9 Å². The molecule has 2 heterocycles. The number of rotatable bonds is 6. The van der Waals surface area contributed by atoms with E-state index in [0.29, 0.717) is 30.1 Å². The van der Waals surface area contributed by atoms with Crippen LogP contribution in [0.25, 0.3) is 0 Å². The largest absolute Gasteiger partial charge is 0.352 e. The summed E-state index contributed by atoms with van der Waals surface area (Å²) in [7, 11) is -1.68. The number of nitrogens with one attached hydrogen (secondary N) is 1. The second kappa shape index (κ2) is 8.22. The average molecular weight is 391 g/mol. The van der Waals surface area contributed by atoms with Gasteiger partial charge in [-0.3, -0.25) is 9.48 Å². The molecule has 0 bridgehead atoms. The maximum Gasteiger partial charge on any atom is 0.254 e. The van der Waals surface area contributed by atoms with Gasteiger partial charge in [-0.15, -0.1) is 0 Å². The molecule has 146 valence electrons. The van der Waals surface area contributed by atoms with E-state index in [1.54, 1.807) is 34.4 Å². The molecule has 1 aliphatic rings. The summed E-state index contributed by atoms with van der Waals surface area (Å²) in [6, 6.07) is 7.12. The van der Waals surface area contributed by atoms with Crippen molar-refractivity contribution in [1.29, 1.82) is 0 Å². The quantitative estimate of drug-likeness (QED) is 0.815. The molecular weight excluding hydrogens is 364 g/mol. The van der Waals surface area contributed by atoms with Gasteiger partial charge in [0.25, 0.3) is 5.91 Å². The van der Waals surface area contributed by atoms with E-state index in [2.05, 4.69) is 10.4 Å². The topological polar surface area (TPSA) is 84.3 Å². The third-order valence-electron chi connectivity index (χ3n) is 5.06. The summed E-state index contributed by atoms with van der Waals surface area (Å²) < 4.78 is 28.7. The molecule has 8 heteroatoms. The summed E-state index contributed by atoms with van der Waals surface area (Å²) in [5, 5.41) is 6.91. The molecule has 1 N–H and O–H groups in total. The SMILES string of the molecule is CCc1ccc(S(=O)(=O)N2CCC(CNC(=O)c3cnn(C)c3)CC2)cc1. The normalized spacial score (nSPS) is 16.4. The molecule has 1 aromatic carbocycles. The van der Waals surface area contributed by atoms with Crippen LogP contribution in [0.3, 0.4) is 0 Å². The van der Waals surface area contributed by atoms with Crippen molar-refractivity contribution in [3.05, 3.63) is 47.8 Å². The number of sulfonamides is 1. The minimum Gasteiger partial charge on any atom is -0.352 e. The van der Waals surface area contributed by atoms with Gasteiger partial charge < -0.3 is 5.32 Å². The highest BCUT2D eigenvalue weighted by Gasteiger charge is 2.29. The number of aryl methyl sites for hydroxylation is 2. The lowest BCUT2D eigenvalue weighted by atomic mass is 9.98. The van der Waals surface area contributed by atoms with Crippen LogP contribution in [0.15, 0.2) is 41.6 Å². The first-order valence-corrected chi connectivity index (χ1v) is 10.7. The molecule has 1 saturated heterocycles. The van der Waals surface area contributed by atoms with Gasteiger partial charge in [0.2, 0.25) is 10.0 Å². The summed E-state index contributed by atoms with van der Waals surface area (Å²) in [4.78, 5) is 12.4. The fraction of sp³-hybridized carbons (Fsp3) is 0.474. The molecule has 1 aliphatic heterocycles. The Morgan fingerprint density at radius 2 is 1.89 bits per heavy atom. The molecule has 0 aliphatic carbocycles. The Balaban J connectivity index is 1.52. The average Bonchev–Trinajstić information content (AvgIpc) is 3.13. The van der Waals surface area contributed by atoms with Gasteiger partial charge in [0.15, 0.2) is 0 Å². The number of hydrogen-bond acceptors (Lipinski definition) is 4. The lowest BCUT2D eigenvalue weighted by Crippen LogP contribution is -2.41. The summed E-state index contributed by atoms with van der Waals surface area (Å²) in [5.41, 5.74) is 1.66. The molecule has 0 radical (unpaired) electrons. The number of hydrogen-bond donors (Lipinski definition) is 1. The number of benzene rings is 1. The lowest BCUT2D eigenvalue weighted by molar-refractivity contribution is 0.0941. The molecule has 3 rings (SSSR count). The zero-order chi connectivity index (χ0) is 19.4. The Morgan fingerprint density at radius 3 is 2.44 bits per heavy atom. The Labute approximate surface area is 160 Å². The first-order valence-electron chi connectivity index (χ1n) is 9.26. The highest BCUT2D eigenvalue weighted by molar-refractivity contribution is 7.89. The molecule has 1 fully saturated rings. The molecular formula is C19H26N4O3S. The lowest BCUT2D eigenvalue weighted by Gasteiger charge is -2.31. The zero-order valence-corrected chi connectivity index (χ0v) is 16.6. The highest BCUT2D eigenvalue weighted by Crippen LogP contribution is 2.24. The fourth-order valence-electron chi connectivity index (χ4n) is 3.28. The van der Waals surface area contributed by atoms with E-state index in [9.17, 15) is 13.2 Å². The number of amides is 1. The summed E-state index contributed by atoms with van der Waals surface area (Å²) >= 11 is 0. The molecule has 0 unspecified atom stereocenters. The van der Waals surface area contributed by atoms with Gasteiger partial charge in [-0.25, -0.2) is 8.42 Å². The predicted octanol–water partition coefficient (Wildman–Crippen LogP) is 1.81. The van der Waals surface area contributed by atoms with Crippen LogP contribution < -0.4 is 5.32 Å². The maximum atomic E-state index is 12.8. The van der Waals surface area contributed by atoms with Gasteiger partial charge in [0, 0.05) is 32.9 Å². The van der Waals surface area contributed by atoms with Gasteiger partial charge in [-0.1, -0.05) is 19.1 Å². The van der Waals surface area contributed by atoms with Crippen LogP contribution in [0, 0.1) is 5.92 Å². The van der Waals surface area contributed by atoms with E-state index >= 15 is 0 Å². The van der Waals surface area contributed by atoms with E-state index in [1.807, 2.05) is 19.1 Å². The van der Waals surface area contributed by atoms with Gasteiger partial charge in [0.05, 0.1) is 16.7 Å². The third-order valence-corrected chi connectivity index (χ3v) is 6.97. The summed E-state index contributed by atoms with van der Waals surface area (Å²) in [6.07, 6.45) is 5.57. The molecule has 0 atom stereocenters. The van der Waals surface area contributed by atoms with Crippen LogP contribution in [0.2, 0.25) is 0 Å². The van der Waals surface area contributed by atoms with Crippen molar-refractivity contribution in [1.82, 2.24) is 19.4 Å². The Hall–Kier alpha value is -2.19. The molecule has 0 saturated carbocycles. The van der Waals surface area contributed by atoms with E-state index in [1.165, 1.54) is 6.20 Å². The predicted molar refractivity (Wildman–Crippen MR) is 103 cm³/mol. The smallest absolute Gasteiger partial charge is 0.254 e. The van der Waals surface area contributed by atoms with E-state index in [0.717, 1.165) is 24.8 Å². The van der Waals surface area contributed by atoms with E-state index in [-0.39, 0.29) is 11.8 Å². The zero-order valence-electron chi connectivity index (χ0n) is 15.8. The Bertz CT molecular complexity index is 882. The van der Waals surface area contributed by atoms with Gasteiger partial charge in [0.1, 0.15) is 0 Å². The highest BCUT2D eigenvalue weighted by atomic mass is 32.2. The van der Waals surface area contributed by atoms with Crippen molar-refractivity contribution in [2.75, 3.05) is 19.6 Å². The molecule has 0 spiro atoms. The first kappa shape index (κ1) is 19.6. The van der Waals surface area contributed by atoms with E-state index < -0.39 is 10.0 Å². The van der Waals surface area contributed by atoms with Crippen molar-refractivity contribution in [2.24, 2.45) is 13.0 Å². The Morgan fingerprint density at radius 1 is 1.22 bits per heavy atom. The second-order valence-corrected chi connectivity index (χ2v) is 8.90. The molecule has 1 aromatic heterocycles. The standard InChI is InChI=1S/C19H26N4O3S/c1-3-15-4-6-18(7-5-15)27(25,26)23-10-8-16(9-11-23)12-20-19(24)17-13-21-22(2)14-17/h4-7,13-14,16H,3,8-12H2,1-2H3,(H,20,24). The fourth-order valence-corrected chi connectivity index (χ4v) is 4.75. The van der Waals surface area contributed by atoms with Crippen LogP contribution >= 0.6 is 0 Å². The summed E-state index contributed by atoms with van der Waals surface area (Å²) in [6.45, 7) is 3.55. The van der Waals surface area contributed by atoms with Crippen LogP contribution in [0.1, 0.15) is 35.7 Å². The van der Waals surface area contributed by atoms with Crippen molar-refractivity contribution in [3.63, 3.8) is 0 Å². The molecule has 7 nitrogen and oxygen atoms in total. The van der Waals surface area contributed by atoms with Crippen LogP contribution in [-0.4, -0.2) is 48.0 Å². The van der Waals surface area contributed by atoms with E-state index in [4.69, 9.17) is 0 Å². The number of carbonyl (C=O) groups excluding carboxylic acids is 1. The number of carbonyl (C=O) groups is 1. The number of piperidine rings is 1. The van der Waals surface area contributed by atoms with Crippen molar-refractivity contribution in [3.8, 4) is 0 Å². The number of nitrogens with zero attached hydrogens (tertiary/aromatic N) is 3. The van der Waals surface area contributed by atoms with Crippen molar-refractivity contribution >= 4 is 15.9 Å².